The van der Waals surface area contributed by atoms with Gasteiger partial charge in [0.05, 0.1) is 37.6 Å². The third kappa shape index (κ3) is 6.42. The summed E-state index contributed by atoms with van der Waals surface area (Å²) in [6, 6.07) is 19.7. The predicted octanol–water partition coefficient (Wildman–Crippen LogP) is 4.98. The first kappa shape index (κ1) is 20.4. The van der Waals surface area contributed by atoms with Gasteiger partial charge in [0.15, 0.2) is 0 Å². The van der Waals surface area contributed by atoms with Crippen LogP contribution in [0.25, 0.3) is 0 Å². The van der Waals surface area contributed by atoms with Crippen molar-refractivity contribution in [3.05, 3.63) is 71.8 Å². The molecule has 2 rings (SSSR count). The summed E-state index contributed by atoms with van der Waals surface area (Å²) in [4.78, 5) is 23.6. The minimum absolute atomic E-state index is 0.0579. The van der Waals surface area contributed by atoms with E-state index in [1.165, 1.54) is 14.2 Å². The zero-order valence-corrected chi connectivity index (χ0v) is 16.4. The fraction of sp³-hybridized carbons (Fsp3) is 0.300. The lowest BCUT2D eigenvalue weighted by atomic mass is 10.1. The molecule has 2 unspecified atom stereocenters. The van der Waals surface area contributed by atoms with Crippen LogP contribution in [0.3, 0.4) is 0 Å². The number of hydrogen-bond donors (Lipinski definition) is 0. The first-order valence-corrected chi connectivity index (χ1v) is 10.5. The van der Waals surface area contributed by atoms with E-state index < -0.39 is 0 Å². The third-order valence-corrected chi connectivity index (χ3v) is 6.97. The lowest BCUT2D eigenvalue weighted by molar-refractivity contribution is -0.141. The number of esters is 2. The highest BCUT2D eigenvalue weighted by atomic mass is 33.1. The summed E-state index contributed by atoms with van der Waals surface area (Å²) in [5.41, 5.74) is 2.11. The number of carbonyl (C=O) groups is 2. The fourth-order valence-corrected chi connectivity index (χ4v) is 5.45. The molecule has 0 spiro atoms. The van der Waals surface area contributed by atoms with Gasteiger partial charge in [0.25, 0.3) is 0 Å². The Morgan fingerprint density at radius 3 is 1.38 bits per heavy atom. The second kappa shape index (κ2) is 10.9. The number of benzene rings is 2. The molecule has 0 amide bonds. The van der Waals surface area contributed by atoms with E-state index in [9.17, 15) is 9.59 Å². The van der Waals surface area contributed by atoms with Gasteiger partial charge < -0.3 is 9.47 Å². The molecule has 0 radical (unpaired) electrons. The van der Waals surface area contributed by atoms with Crippen molar-refractivity contribution in [3.63, 3.8) is 0 Å². The number of ether oxygens (including phenoxy) is 2. The number of methoxy groups -OCH3 is 2. The summed E-state index contributed by atoms with van der Waals surface area (Å²) in [7, 11) is 5.95. The molecule has 0 heterocycles. The highest BCUT2D eigenvalue weighted by Crippen LogP contribution is 2.48. The maximum Gasteiger partial charge on any atom is 0.307 e. The molecule has 0 N–H and O–H groups in total. The Bertz CT molecular complexity index is 630. The van der Waals surface area contributed by atoms with Crippen molar-refractivity contribution in [1.82, 2.24) is 0 Å². The monoisotopic (exact) mass is 390 g/mol. The van der Waals surface area contributed by atoms with Gasteiger partial charge in [-0.3, -0.25) is 9.59 Å². The third-order valence-electron chi connectivity index (χ3n) is 3.79. The van der Waals surface area contributed by atoms with E-state index in [2.05, 4.69) is 0 Å². The standard InChI is InChI=1S/C20H22O4S2/c1-23-19(21)13-17(15-9-5-3-6-10-15)25-26-18(14-20(22)24-2)16-11-7-4-8-12-16/h3-12,17-18H,13-14H2,1-2H3. The maximum atomic E-state index is 11.8. The minimum Gasteiger partial charge on any atom is -0.469 e. The zero-order valence-electron chi connectivity index (χ0n) is 14.8. The van der Waals surface area contributed by atoms with E-state index in [0.717, 1.165) is 11.1 Å². The topological polar surface area (TPSA) is 52.6 Å². The quantitative estimate of drug-likeness (QED) is 0.445. The molecule has 2 atom stereocenters. The normalized spacial score (nSPS) is 12.8. The summed E-state index contributed by atoms with van der Waals surface area (Å²) in [6.07, 6.45) is 0.551. The van der Waals surface area contributed by atoms with Crippen LogP contribution in [0.4, 0.5) is 0 Å². The van der Waals surface area contributed by atoms with Gasteiger partial charge in [-0.2, -0.15) is 0 Å². The van der Waals surface area contributed by atoms with Crippen LogP contribution in [-0.4, -0.2) is 26.2 Å². The molecule has 0 saturated carbocycles. The summed E-state index contributed by atoms with van der Waals surface area (Å²) in [5, 5.41) is -0.116. The first-order valence-electron chi connectivity index (χ1n) is 8.19. The van der Waals surface area contributed by atoms with Crippen LogP contribution in [0.5, 0.6) is 0 Å². The smallest absolute Gasteiger partial charge is 0.307 e. The van der Waals surface area contributed by atoms with E-state index in [4.69, 9.17) is 9.47 Å². The number of hydrogen-bond acceptors (Lipinski definition) is 6. The summed E-state index contributed by atoms with van der Waals surface area (Å²) >= 11 is 0. The highest BCUT2D eigenvalue weighted by Gasteiger charge is 2.23. The van der Waals surface area contributed by atoms with Gasteiger partial charge in [0, 0.05) is 0 Å². The average molecular weight is 391 g/mol. The zero-order chi connectivity index (χ0) is 18.8. The van der Waals surface area contributed by atoms with E-state index in [1.54, 1.807) is 21.6 Å². The molecule has 4 nitrogen and oxygen atoms in total. The summed E-state index contributed by atoms with van der Waals surface area (Å²) in [6.45, 7) is 0. The van der Waals surface area contributed by atoms with Crippen LogP contribution in [0.1, 0.15) is 34.5 Å². The molecule has 2 aromatic rings. The molecule has 0 saturated heterocycles. The van der Waals surface area contributed by atoms with Gasteiger partial charge in [-0.1, -0.05) is 82.3 Å². The van der Waals surface area contributed by atoms with Crippen LogP contribution in [0.2, 0.25) is 0 Å². The summed E-state index contributed by atoms with van der Waals surface area (Å²) < 4.78 is 9.68. The Balaban J connectivity index is 2.14. The Hall–Kier alpha value is -1.92. The van der Waals surface area contributed by atoms with Crippen molar-refractivity contribution < 1.29 is 19.1 Å². The van der Waals surface area contributed by atoms with Crippen LogP contribution in [0, 0.1) is 0 Å². The molecule has 2 aromatic carbocycles. The Kier molecular flexibility index (Phi) is 8.58. The Labute approximate surface area is 162 Å². The van der Waals surface area contributed by atoms with Crippen molar-refractivity contribution in [2.45, 2.75) is 23.3 Å². The molecular formula is C20H22O4S2. The van der Waals surface area contributed by atoms with Crippen molar-refractivity contribution in [3.8, 4) is 0 Å². The maximum absolute atomic E-state index is 11.8. The number of rotatable bonds is 9. The lowest BCUT2D eigenvalue weighted by Crippen LogP contribution is -2.08. The molecule has 138 valence electrons. The van der Waals surface area contributed by atoms with Crippen LogP contribution < -0.4 is 0 Å². The second-order valence-electron chi connectivity index (χ2n) is 5.55. The van der Waals surface area contributed by atoms with Crippen LogP contribution in [-0.2, 0) is 19.1 Å². The fourth-order valence-electron chi connectivity index (χ4n) is 2.35. The molecule has 0 aromatic heterocycles. The van der Waals surface area contributed by atoms with E-state index >= 15 is 0 Å². The largest absolute Gasteiger partial charge is 0.469 e. The Morgan fingerprint density at radius 2 is 1.08 bits per heavy atom. The highest BCUT2D eigenvalue weighted by molar-refractivity contribution is 8.76. The van der Waals surface area contributed by atoms with Crippen LogP contribution >= 0.6 is 21.6 Å². The van der Waals surface area contributed by atoms with Crippen molar-refractivity contribution >= 4 is 33.5 Å². The van der Waals surface area contributed by atoms with Gasteiger partial charge in [-0.25, -0.2) is 0 Å². The predicted molar refractivity (Wildman–Crippen MR) is 107 cm³/mol. The van der Waals surface area contributed by atoms with Gasteiger partial charge in [0.2, 0.25) is 0 Å². The summed E-state index contributed by atoms with van der Waals surface area (Å²) in [5.74, 6) is -0.507. The lowest BCUT2D eigenvalue weighted by Gasteiger charge is -2.20. The minimum atomic E-state index is -0.254. The molecule has 0 aliphatic carbocycles. The van der Waals surface area contributed by atoms with E-state index in [0.29, 0.717) is 0 Å². The molecule has 0 aliphatic heterocycles. The SMILES string of the molecule is COC(=O)CC(SSC(CC(=O)OC)c1ccccc1)c1ccccc1. The van der Waals surface area contributed by atoms with Gasteiger partial charge in [-0.05, 0) is 11.1 Å². The second-order valence-corrected chi connectivity index (χ2v) is 8.23. The molecule has 6 heteroatoms. The molecule has 0 fully saturated rings. The van der Waals surface area contributed by atoms with Gasteiger partial charge >= 0.3 is 11.9 Å². The molecule has 0 aliphatic rings. The van der Waals surface area contributed by atoms with E-state index in [-0.39, 0.29) is 35.3 Å². The Morgan fingerprint density at radius 1 is 0.731 bits per heavy atom. The molecule has 26 heavy (non-hydrogen) atoms. The average Bonchev–Trinajstić information content (AvgIpc) is 2.70. The van der Waals surface area contributed by atoms with Gasteiger partial charge in [0.1, 0.15) is 0 Å². The van der Waals surface area contributed by atoms with Crippen LogP contribution in [0.15, 0.2) is 60.7 Å². The molecule has 0 bridgehead atoms. The molecular weight excluding hydrogens is 368 g/mol. The van der Waals surface area contributed by atoms with Crippen molar-refractivity contribution in [2.24, 2.45) is 0 Å². The number of carbonyl (C=O) groups excluding carboxylic acids is 2. The van der Waals surface area contributed by atoms with E-state index in [1.807, 2.05) is 60.7 Å². The van der Waals surface area contributed by atoms with Gasteiger partial charge in [-0.15, -0.1) is 0 Å². The first-order chi connectivity index (χ1) is 12.6. The van der Waals surface area contributed by atoms with Crippen molar-refractivity contribution in [1.29, 1.82) is 0 Å². The van der Waals surface area contributed by atoms with Crippen molar-refractivity contribution in [2.75, 3.05) is 14.2 Å².